The molecule has 4 nitrogen and oxygen atoms in total. The molecule has 0 unspecified atom stereocenters. The molecule has 3 rings (SSSR count). The molecule has 0 radical (unpaired) electrons. The van der Waals surface area contributed by atoms with Crippen molar-refractivity contribution in [2.24, 2.45) is 9.98 Å². The fourth-order valence-electron chi connectivity index (χ4n) is 5.57. The zero-order valence-corrected chi connectivity index (χ0v) is 33.0. The van der Waals surface area contributed by atoms with E-state index in [1.54, 1.807) is 0 Å². The second-order valence-electron chi connectivity index (χ2n) is 15.9. The molecule has 0 heterocycles. The molecule has 0 aliphatic heterocycles. The van der Waals surface area contributed by atoms with Gasteiger partial charge in [-0.3, -0.25) is 9.98 Å². The van der Waals surface area contributed by atoms with Crippen molar-refractivity contribution in [3.05, 3.63) is 81.9 Å². The minimum Gasteiger partial charge on any atom is -0.504 e. The summed E-state index contributed by atoms with van der Waals surface area (Å²) in [6.07, 6.45) is 0. The molecular weight excluding hydrogens is 623 g/mol. The summed E-state index contributed by atoms with van der Waals surface area (Å²) in [6, 6.07) is 17.0. The number of phenolic OH excluding ortho intramolecular Hbond substituents is 2. The summed E-state index contributed by atoms with van der Waals surface area (Å²) < 4.78 is 0. The molecule has 0 spiro atoms. The van der Waals surface area contributed by atoms with Gasteiger partial charge in [-0.25, -0.2) is 0 Å². The Morgan fingerprint density at radius 3 is 0.915 bits per heavy atom. The fourth-order valence-corrected chi connectivity index (χ4v) is 5.57. The maximum Gasteiger partial charge on any atom is 0.161 e. The number of aromatic hydroxyl groups is 2. The van der Waals surface area contributed by atoms with Crippen molar-refractivity contribution in [2.45, 2.75) is 145 Å². The van der Waals surface area contributed by atoms with Gasteiger partial charge in [0.05, 0.1) is 22.8 Å². The monoisotopic (exact) mass is 684 g/mol. The van der Waals surface area contributed by atoms with E-state index in [1.807, 2.05) is 53.7 Å². The van der Waals surface area contributed by atoms with Gasteiger partial charge >= 0.3 is 0 Å². The third-order valence-electron chi connectivity index (χ3n) is 8.53. The minimum absolute atomic E-state index is 0. The van der Waals surface area contributed by atoms with Crippen LogP contribution in [0.25, 0.3) is 0 Å². The van der Waals surface area contributed by atoms with Gasteiger partial charge in [0.2, 0.25) is 0 Å². The Morgan fingerprint density at radius 1 is 0.489 bits per heavy atom. The van der Waals surface area contributed by atoms with Crippen LogP contribution in [0.4, 0.5) is 11.4 Å². The summed E-state index contributed by atoms with van der Waals surface area (Å²) >= 11 is 0. The zero-order valence-electron chi connectivity index (χ0n) is 32.0. The zero-order chi connectivity index (χ0) is 35.3. The molecule has 3 aromatic rings. The Kier molecular flexibility index (Phi) is 15.2. The molecular formula is C42H62N2NiO2. The Labute approximate surface area is 297 Å². The van der Waals surface area contributed by atoms with Crippen LogP contribution >= 0.6 is 0 Å². The SMILES string of the molecule is CC(=Nc1c(C(C)C)cccc1C(C)C)C(C)=Nc1c(C(C)C)cccc1C(C)C.CC(C)(C)c1ccc(C(C)(C)C)c(O)c1O.[Ni]. The molecule has 5 heteroatoms. The molecule has 0 aliphatic carbocycles. The number of nitrogens with zero attached hydrogens (tertiary/aromatic N) is 2. The van der Waals surface area contributed by atoms with Crippen LogP contribution in [-0.2, 0) is 27.3 Å². The van der Waals surface area contributed by atoms with Crippen LogP contribution in [0.1, 0.15) is 168 Å². The van der Waals surface area contributed by atoms with E-state index in [0.717, 1.165) is 33.9 Å². The van der Waals surface area contributed by atoms with Crippen molar-refractivity contribution < 1.29 is 26.7 Å². The summed E-state index contributed by atoms with van der Waals surface area (Å²) in [4.78, 5) is 10.3. The van der Waals surface area contributed by atoms with Gasteiger partial charge in [-0.05, 0) is 70.6 Å². The minimum atomic E-state index is -0.169. The predicted octanol–water partition coefficient (Wildman–Crippen LogP) is 12.8. The van der Waals surface area contributed by atoms with Crippen LogP contribution in [0, 0.1) is 0 Å². The maximum absolute atomic E-state index is 10.0. The van der Waals surface area contributed by atoms with E-state index in [1.165, 1.54) is 22.3 Å². The molecule has 0 saturated carbocycles. The standard InChI is InChI=1S/C28H40N2.C14H22O2.Ni/c1-17(2)23-13-11-14-24(18(3)4)27(23)29-21(9)22(10)30-28-25(19(5)6)15-12-16-26(28)20(7)8;1-13(2,3)9-7-8-10(14(4,5)6)12(16)11(9)15;/h11-20H,1-10H3;7-8,15-16H,1-6H3;. The molecule has 0 saturated heterocycles. The number of aliphatic imine (C=N–C) groups is 2. The molecule has 0 fully saturated rings. The van der Waals surface area contributed by atoms with Gasteiger partial charge in [0.15, 0.2) is 11.5 Å². The van der Waals surface area contributed by atoms with E-state index in [4.69, 9.17) is 9.98 Å². The summed E-state index contributed by atoms with van der Waals surface area (Å²) in [5, 5.41) is 20.1. The normalized spacial score (nSPS) is 12.9. The second kappa shape index (κ2) is 17.0. The van der Waals surface area contributed by atoms with Gasteiger partial charge in [-0.1, -0.05) is 145 Å². The van der Waals surface area contributed by atoms with Crippen LogP contribution in [0.5, 0.6) is 11.5 Å². The first-order chi connectivity index (χ1) is 21.1. The first kappa shape index (κ1) is 42.1. The van der Waals surface area contributed by atoms with Crippen molar-refractivity contribution in [1.82, 2.24) is 0 Å². The fraction of sp³-hybridized carbons (Fsp3) is 0.524. The molecule has 0 aromatic heterocycles. The Balaban J connectivity index is 0.000000550. The predicted molar refractivity (Wildman–Crippen MR) is 202 cm³/mol. The summed E-state index contributed by atoms with van der Waals surface area (Å²) in [5.41, 5.74) is 10.6. The molecule has 0 atom stereocenters. The van der Waals surface area contributed by atoms with E-state index < -0.39 is 0 Å². The maximum atomic E-state index is 10.0. The average molecular weight is 686 g/mol. The summed E-state index contributed by atoms with van der Waals surface area (Å²) in [7, 11) is 0. The first-order valence-electron chi connectivity index (χ1n) is 17.0. The van der Waals surface area contributed by atoms with Crippen LogP contribution in [0.15, 0.2) is 58.5 Å². The van der Waals surface area contributed by atoms with Crippen molar-refractivity contribution >= 4 is 22.8 Å². The van der Waals surface area contributed by atoms with Crippen molar-refractivity contribution in [3.8, 4) is 11.5 Å². The Morgan fingerprint density at radius 2 is 0.723 bits per heavy atom. The third-order valence-corrected chi connectivity index (χ3v) is 8.53. The molecule has 0 amide bonds. The molecule has 47 heavy (non-hydrogen) atoms. The number of phenols is 2. The van der Waals surface area contributed by atoms with Crippen LogP contribution in [-0.4, -0.2) is 21.6 Å². The molecule has 262 valence electrons. The number of rotatable bonds is 7. The van der Waals surface area contributed by atoms with Gasteiger partial charge in [0, 0.05) is 27.6 Å². The van der Waals surface area contributed by atoms with Crippen LogP contribution < -0.4 is 0 Å². The summed E-state index contributed by atoms with van der Waals surface area (Å²) in [5.74, 6) is 1.76. The van der Waals surface area contributed by atoms with Gasteiger partial charge in [-0.15, -0.1) is 0 Å². The van der Waals surface area contributed by atoms with Crippen LogP contribution in [0.2, 0.25) is 0 Å². The van der Waals surface area contributed by atoms with Gasteiger partial charge < -0.3 is 10.2 Å². The molecule has 0 bridgehead atoms. The third kappa shape index (κ3) is 10.8. The van der Waals surface area contributed by atoms with E-state index in [0.29, 0.717) is 23.7 Å². The number of benzene rings is 3. The number of hydrogen-bond donors (Lipinski definition) is 2. The van der Waals surface area contributed by atoms with E-state index in [9.17, 15) is 10.2 Å². The van der Waals surface area contributed by atoms with Crippen molar-refractivity contribution in [1.29, 1.82) is 0 Å². The second-order valence-corrected chi connectivity index (χ2v) is 15.9. The van der Waals surface area contributed by atoms with Gasteiger partial charge in [0.25, 0.3) is 0 Å². The molecule has 2 N–H and O–H groups in total. The van der Waals surface area contributed by atoms with Crippen molar-refractivity contribution in [2.75, 3.05) is 0 Å². The number of hydrogen-bond acceptors (Lipinski definition) is 4. The van der Waals surface area contributed by atoms with E-state index >= 15 is 0 Å². The van der Waals surface area contributed by atoms with Crippen molar-refractivity contribution in [3.63, 3.8) is 0 Å². The van der Waals surface area contributed by atoms with Gasteiger partial charge in [0.1, 0.15) is 0 Å². The first-order valence-corrected chi connectivity index (χ1v) is 17.0. The van der Waals surface area contributed by atoms with E-state index in [2.05, 4.69) is 106 Å². The molecule has 3 aromatic carbocycles. The largest absolute Gasteiger partial charge is 0.504 e. The summed E-state index contributed by atoms with van der Waals surface area (Å²) in [6.45, 7) is 34.2. The quantitative estimate of drug-likeness (QED) is 0.148. The topological polar surface area (TPSA) is 65.2 Å². The van der Waals surface area contributed by atoms with Crippen LogP contribution in [0.3, 0.4) is 0 Å². The van der Waals surface area contributed by atoms with E-state index in [-0.39, 0.29) is 38.8 Å². The molecule has 0 aliphatic rings. The average Bonchev–Trinajstić information content (AvgIpc) is 2.93. The number of para-hydroxylation sites is 2. The Hall–Kier alpha value is -2.91. The Bertz CT molecular complexity index is 1380. The smallest absolute Gasteiger partial charge is 0.161 e. The van der Waals surface area contributed by atoms with Gasteiger partial charge in [-0.2, -0.15) is 0 Å².